The lowest BCUT2D eigenvalue weighted by Gasteiger charge is -2.16. The number of aryl methyl sites for hydroxylation is 1. The van der Waals surface area contributed by atoms with Crippen molar-refractivity contribution in [2.24, 2.45) is 13.0 Å². The minimum atomic E-state index is -0.487. The Morgan fingerprint density at radius 3 is 2.68 bits per heavy atom. The maximum absolute atomic E-state index is 12.0. The summed E-state index contributed by atoms with van der Waals surface area (Å²) in [5, 5.41) is 9.66. The summed E-state index contributed by atoms with van der Waals surface area (Å²) >= 11 is 0. The zero-order chi connectivity index (χ0) is 14.4. The van der Waals surface area contributed by atoms with Crippen LogP contribution in [0.1, 0.15) is 18.5 Å². The van der Waals surface area contributed by atoms with Crippen molar-refractivity contribution >= 4 is 11.9 Å². The number of likely N-dealkylation sites (N-methyl/N-ethyl adjacent to an activating group) is 1. The van der Waals surface area contributed by atoms with Crippen molar-refractivity contribution in [2.45, 2.75) is 13.0 Å². The normalized spacial score (nSPS) is 13.7. The van der Waals surface area contributed by atoms with Gasteiger partial charge in [-0.1, -0.05) is 6.92 Å². The molecule has 1 heterocycles. The number of hydrogen-bond donors (Lipinski definition) is 2. The Morgan fingerprint density at radius 1 is 1.53 bits per heavy atom. The van der Waals surface area contributed by atoms with E-state index in [-0.39, 0.29) is 24.3 Å². The molecule has 0 saturated carbocycles. The van der Waals surface area contributed by atoms with Crippen LogP contribution in [-0.2, 0) is 21.4 Å². The molecule has 2 atom stereocenters. The molecule has 2 unspecified atom stereocenters. The molecule has 0 aliphatic carbocycles. The van der Waals surface area contributed by atoms with Gasteiger partial charge in [0.15, 0.2) is 0 Å². The molecule has 0 saturated heterocycles. The fraction of sp³-hybridized carbons (Fsp3) is 0.583. The standard InChI is InChI=1S/C12H20N4O3/c1-8(12(18)19-4)5-14-11(17)10(13-2)9-6-15-16(3)7-9/h6-8,10,13H,5H2,1-4H3,(H,14,17). The molecule has 1 amide bonds. The average molecular weight is 268 g/mol. The second-order valence-electron chi connectivity index (χ2n) is 4.34. The van der Waals surface area contributed by atoms with E-state index in [0.29, 0.717) is 0 Å². The number of carbonyl (C=O) groups is 2. The molecule has 2 N–H and O–H groups in total. The van der Waals surface area contributed by atoms with Crippen LogP contribution in [0.3, 0.4) is 0 Å². The van der Waals surface area contributed by atoms with Gasteiger partial charge in [-0.05, 0) is 7.05 Å². The van der Waals surface area contributed by atoms with Gasteiger partial charge in [0.05, 0.1) is 19.2 Å². The highest BCUT2D eigenvalue weighted by Crippen LogP contribution is 2.11. The highest BCUT2D eigenvalue weighted by molar-refractivity contribution is 5.83. The van der Waals surface area contributed by atoms with Crippen molar-refractivity contribution in [1.82, 2.24) is 20.4 Å². The van der Waals surface area contributed by atoms with Gasteiger partial charge in [0, 0.05) is 25.4 Å². The van der Waals surface area contributed by atoms with E-state index < -0.39 is 6.04 Å². The smallest absolute Gasteiger partial charge is 0.310 e. The average Bonchev–Trinajstić information content (AvgIpc) is 2.82. The Bertz CT molecular complexity index is 444. The number of carbonyl (C=O) groups excluding carboxylic acids is 2. The first-order valence-electron chi connectivity index (χ1n) is 6.01. The monoisotopic (exact) mass is 268 g/mol. The van der Waals surface area contributed by atoms with Crippen LogP contribution >= 0.6 is 0 Å². The first-order chi connectivity index (χ1) is 8.99. The maximum atomic E-state index is 12.0. The first kappa shape index (κ1) is 15.2. The van der Waals surface area contributed by atoms with Crippen LogP contribution in [0.15, 0.2) is 12.4 Å². The van der Waals surface area contributed by atoms with E-state index in [2.05, 4.69) is 20.5 Å². The summed E-state index contributed by atoms with van der Waals surface area (Å²) in [7, 11) is 4.81. The second kappa shape index (κ2) is 6.89. The van der Waals surface area contributed by atoms with Gasteiger partial charge < -0.3 is 15.4 Å². The number of esters is 1. The molecule has 7 heteroatoms. The molecule has 1 aromatic rings. The van der Waals surface area contributed by atoms with Gasteiger partial charge >= 0.3 is 5.97 Å². The molecule has 0 aliphatic rings. The molecule has 0 aliphatic heterocycles. The number of amides is 1. The van der Waals surface area contributed by atoms with Crippen molar-refractivity contribution in [2.75, 3.05) is 20.7 Å². The van der Waals surface area contributed by atoms with E-state index in [9.17, 15) is 9.59 Å². The van der Waals surface area contributed by atoms with Crippen LogP contribution in [0.5, 0.6) is 0 Å². The summed E-state index contributed by atoms with van der Waals surface area (Å²) in [6.45, 7) is 1.94. The lowest BCUT2D eigenvalue weighted by Crippen LogP contribution is -2.39. The minimum Gasteiger partial charge on any atom is -0.469 e. The van der Waals surface area contributed by atoms with Crippen LogP contribution in [0, 0.1) is 5.92 Å². The first-order valence-corrected chi connectivity index (χ1v) is 6.01. The summed E-state index contributed by atoms with van der Waals surface area (Å²) in [5.41, 5.74) is 0.772. The van der Waals surface area contributed by atoms with Crippen LogP contribution in [0.4, 0.5) is 0 Å². The molecular formula is C12H20N4O3. The maximum Gasteiger partial charge on any atom is 0.310 e. The molecule has 0 spiro atoms. The number of hydrogen-bond acceptors (Lipinski definition) is 5. The van der Waals surface area contributed by atoms with Gasteiger partial charge in [-0.3, -0.25) is 14.3 Å². The summed E-state index contributed by atoms with van der Waals surface area (Å²) < 4.78 is 6.23. The predicted molar refractivity (Wildman–Crippen MR) is 69.2 cm³/mol. The molecule has 7 nitrogen and oxygen atoms in total. The number of methoxy groups -OCH3 is 1. The highest BCUT2D eigenvalue weighted by Gasteiger charge is 2.21. The topological polar surface area (TPSA) is 85.2 Å². The van der Waals surface area contributed by atoms with E-state index in [1.54, 1.807) is 38.1 Å². The molecule has 0 fully saturated rings. The third-order valence-corrected chi connectivity index (χ3v) is 2.80. The lowest BCUT2D eigenvalue weighted by atomic mass is 10.1. The van der Waals surface area contributed by atoms with E-state index in [1.807, 2.05) is 0 Å². The zero-order valence-corrected chi connectivity index (χ0v) is 11.6. The van der Waals surface area contributed by atoms with E-state index >= 15 is 0 Å². The zero-order valence-electron chi connectivity index (χ0n) is 11.6. The molecule has 1 aromatic heterocycles. The quantitative estimate of drug-likeness (QED) is 0.686. The number of aromatic nitrogens is 2. The van der Waals surface area contributed by atoms with Crippen molar-refractivity contribution in [3.05, 3.63) is 18.0 Å². The number of nitrogens with one attached hydrogen (secondary N) is 2. The summed E-state index contributed by atoms with van der Waals surface area (Å²) in [5.74, 6) is -0.922. The molecule has 0 aromatic carbocycles. The van der Waals surface area contributed by atoms with E-state index in [1.165, 1.54) is 7.11 Å². The summed E-state index contributed by atoms with van der Waals surface area (Å²) in [4.78, 5) is 23.3. The molecular weight excluding hydrogens is 248 g/mol. The minimum absolute atomic E-state index is 0.203. The van der Waals surface area contributed by atoms with Gasteiger partial charge in [0.25, 0.3) is 0 Å². The molecule has 0 bridgehead atoms. The van der Waals surface area contributed by atoms with Crippen molar-refractivity contribution < 1.29 is 14.3 Å². The lowest BCUT2D eigenvalue weighted by molar-refractivity contribution is -0.144. The highest BCUT2D eigenvalue weighted by atomic mass is 16.5. The van der Waals surface area contributed by atoms with Gasteiger partial charge in [0.1, 0.15) is 6.04 Å². The summed E-state index contributed by atoms with van der Waals surface area (Å²) in [6, 6.07) is -0.487. The number of rotatable bonds is 6. The fourth-order valence-electron chi connectivity index (χ4n) is 1.68. The van der Waals surface area contributed by atoms with Gasteiger partial charge in [-0.15, -0.1) is 0 Å². The number of ether oxygens (including phenoxy) is 1. The van der Waals surface area contributed by atoms with Gasteiger partial charge in [0.2, 0.25) is 5.91 Å². The van der Waals surface area contributed by atoms with Crippen LogP contribution < -0.4 is 10.6 Å². The molecule has 106 valence electrons. The van der Waals surface area contributed by atoms with E-state index in [0.717, 1.165) is 5.56 Å². The van der Waals surface area contributed by atoms with Crippen molar-refractivity contribution in [3.63, 3.8) is 0 Å². The Kier molecular flexibility index (Phi) is 5.50. The van der Waals surface area contributed by atoms with Crippen LogP contribution in [-0.4, -0.2) is 42.4 Å². The Morgan fingerprint density at radius 2 is 2.21 bits per heavy atom. The Balaban J connectivity index is 2.58. The van der Waals surface area contributed by atoms with Crippen molar-refractivity contribution in [1.29, 1.82) is 0 Å². The third-order valence-electron chi connectivity index (χ3n) is 2.80. The third kappa shape index (κ3) is 4.06. The Labute approximate surface area is 112 Å². The molecule has 19 heavy (non-hydrogen) atoms. The van der Waals surface area contributed by atoms with Gasteiger partial charge in [-0.25, -0.2) is 0 Å². The predicted octanol–water partition coefficient (Wildman–Crippen LogP) is -0.394. The Hall–Kier alpha value is -1.89. The SMILES string of the molecule is CNC(C(=O)NCC(C)C(=O)OC)c1cnn(C)c1. The van der Waals surface area contributed by atoms with Crippen LogP contribution in [0.25, 0.3) is 0 Å². The largest absolute Gasteiger partial charge is 0.469 e. The second-order valence-corrected chi connectivity index (χ2v) is 4.34. The fourth-order valence-corrected chi connectivity index (χ4v) is 1.68. The van der Waals surface area contributed by atoms with E-state index in [4.69, 9.17) is 0 Å². The summed E-state index contributed by atoms with van der Waals surface area (Å²) in [6.07, 6.45) is 3.40. The molecule has 1 rings (SSSR count). The van der Waals surface area contributed by atoms with Gasteiger partial charge in [-0.2, -0.15) is 5.10 Å². The molecule has 0 radical (unpaired) electrons. The van der Waals surface area contributed by atoms with Crippen LogP contribution in [0.2, 0.25) is 0 Å². The number of nitrogens with zero attached hydrogens (tertiary/aromatic N) is 2. The van der Waals surface area contributed by atoms with Crippen molar-refractivity contribution in [3.8, 4) is 0 Å².